The monoisotopic (exact) mass is 236 g/mol. The number of carbonyl (C=O) groups is 1. The lowest BCUT2D eigenvalue weighted by atomic mass is 10.1. The van der Waals surface area contributed by atoms with Gasteiger partial charge in [-0.05, 0) is 0 Å². The average molecular weight is 236 g/mol. The summed E-state index contributed by atoms with van der Waals surface area (Å²) in [4.78, 5) is 11.0. The molecule has 0 rings (SSSR count). The summed E-state index contributed by atoms with van der Waals surface area (Å²) >= 11 is 0. The largest absolute Gasteiger partial charge is 0.467 e. The van der Waals surface area contributed by atoms with Crippen molar-refractivity contribution in [2.45, 2.75) is 24.7 Å². The zero-order chi connectivity index (χ0) is 12.6. The topological polar surface area (TPSA) is 74.2 Å². The second kappa shape index (κ2) is 8.46. The van der Waals surface area contributed by atoms with Crippen molar-refractivity contribution in [3.8, 4) is 0 Å². The minimum atomic E-state index is -1.22. The number of aliphatic hydroxyl groups is 1. The molecule has 0 radical (unpaired) electrons. The smallest absolute Gasteiger partial charge is 0.334 e. The summed E-state index contributed by atoms with van der Waals surface area (Å²) in [7, 11) is 5.75. The second-order valence-corrected chi connectivity index (χ2v) is 3.28. The molecule has 6 heteroatoms. The highest BCUT2D eigenvalue weighted by molar-refractivity contribution is 5.74. The van der Waals surface area contributed by atoms with E-state index in [9.17, 15) is 9.90 Å². The number of esters is 1. The van der Waals surface area contributed by atoms with E-state index in [0.717, 1.165) is 0 Å². The molecular weight excluding hydrogens is 216 g/mol. The average Bonchev–Trinajstić information content (AvgIpc) is 2.31. The number of carbonyl (C=O) groups excluding carboxylic acids is 1. The van der Waals surface area contributed by atoms with Crippen LogP contribution in [0.25, 0.3) is 0 Å². The number of hydrogen-bond acceptors (Lipinski definition) is 6. The first-order valence-electron chi connectivity index (χ1n) is 4.91. The van der Waals surface area contributed by atoms with Gasteiger partial charge in [-0.15, -0.1) is 0 Å². The summed E-state index contributed by atoms with van der Waals surface area (Å²) in [5.41, 5.74) is 0. The lowest BCUT2D eigenvalue weighted by Gasteiger charge is -2.25. The van der Waals surface area contributed by atoms with Crippen LogP contribution in [0.4, 0.5) is 0 Å². The Balaban J connectivity index is 4.30. The van der Waals surface area contributed by atoms with E-state index < -0.39 is 18.2 Å². The van der Waals surface area contributed by atoms with Gasteiger partial charge < -0.3 is 24.1 Å². The molecule has 96 valence electrons. The summed E-state index contributed by atoms with van der Waals surface area (Å²) < 4.78 is 19.7. The zero-order valence-electron chi connectivity index (χ0n) is 10.1. The maximum absolute atomic E-state index is 11.0. The Morgan fingerprint density at radius 1 is 1.12 bits per heavy atom. The van der Waals surface area contributed by atoms with Crippen LogP contribution in [0.15, 0.2) is 0 Å². The highest BCUT2D eigenvalue weighted by Gasteiger charge is 2.27. The van der Waals surface area contributed by atoms with Crippen LogP contribution in [0.5, 0.6) is 0 Å². The van der Waals surface area contributed by atoms with Crippen LogP contribution >= 0.6 is 0 Å². The van der Waals surface area contributed by atoms with Crippen LogP contribution in [0.3, 0.4) is 0 Å². The Hall–Kier alpha value is -0.690. The van der Waals surface area contributed by atoms with Gasteiger partial charge in [0.05, 0.1) is 19.8 Å². The predicted octanol–water partition coefficient (Wildman–Crippen LogP) is -0.413. The fourth-order valence-corrected chi connectivity index (χ4v) is 1.34. The summed E-state index contributed by atoms with van der Waals surface area (Å²) in [6, 6.07) is 0. The molecule has 6 nitrogen and oxygen atoms in total. The van der Waals surface area contributed by atoms with Gasteiger partial charge in [0.25, 0.3) is 0 Å². The molecule has 0 aliphatic rings. The molecule has 0 saturated heterocycles. The highest BCUT2D eigenvalue weighted by Crippen LogP contribution is 2.11. The van der Waals surface area contributed by atoms with E-state index >= 15 is 0 Å². The van der Waals surface area contributed by atoms with Crippen LogP contribution in [-0.2, 0) is 23.7 Å². The first kappa shape index (κ1) is 15.3. The van der Waals surface area contributed by atoms with Gasteiger partial charge in [0.1, 0.15) is 6.10 Å². The van der Waals surface area contributed by atoms with Crippen molar-refractivity contribution in [3.05, 3.63) is 0 Å². The van der Waals surface area contributed by atoms with Gasteiger partial charge in [0.15, 0.2) is 6.10 Å². The number of ether oxygens (including phenoxy) is 4. The highest BCUT2D eigenvalue weighted by atomic mass is 16.6. The molecule has 0 fully saturated rings. The predicted molar refractivity (Wildman–Crippen MR) is 56.1 cm³/mol. The molecule has 0 heterocycles. The Labute approximate surface area is 95.4 Å². The van der Waals surface area contributed by atoms with Gasteiger partial charge in [-0.3, -0.25) is 0 Å². The first-order valence-corrected chi connectivity index (χ1v) is 4.91. The van der Waals surface area contributed by atoms with E-state index in [4.69, 9.17) is 14.2 Å². The van der Waals surface area contributed by atoms with Crippen LogP contribution < -0.4 is 0 Å². The third-order valence-electron chi connectivity index (χ3n) is 2.28. The third kappa shape index (κ3) is 4.89. The molecule has 0 aliphatic heterocycles. The number of hydrogen-bond donors (Lipinski definition) is 1. The lowest BCUT2D eigenvalue weighted by molar-refractivity contribution is -0.154. The van der Waals surface area contributed by atoms with Crippen molar-refractivity contribution in [1.29, 1.82) is 0 Å². The van der Waals surface area contributed by atoms with E-state index in [1.165, 1.54) is 28.4 Å². The van der Waals surface area contributed by atoms with Gasteiger partial charge in [0.2, 0.25) is 0 Å². The Morgan fingerprint density at radius 2 is 1.69 bits per heavy atom. The first-order chi connectivity index (χ1) is 7.60. The van der Waals surface area contributed by atoms with Crippen molar-refractivity contribution in [2.24, 2.45) is 0 Å². The fraction of sp³-hybridized carbons (Fsp3) is 0.900. The molecule has 0 spiro atoms. The van der Waals surface area contributed by atoms with Crippen LogP contribution in [0, 0.1) is 0 Å². The molecule has 0 aromatic carbocycles. The summed E-state index contributed by atoms with van der Waals surface area (Å²) in [5.74, 6) is -0.686. The summed E-state index contributed by atoms with van der Waals surface area (Å²) in [5, 5.41) is 9.48. The lowest BCUT2D eigenvalue weighted by Crippen LogP contribution is -2.38. The summed E-state index contributed by atoms with van der Waals surface area (Å²) in [6.07, 6.45) is -1.89. The molecular formula is C10H20O6. The van der Waals surface area contributed by atoms with Gasteiger partial charge in [-0.2, -0.15) is 0 Å². The molecule has 0 bridgehead atoms. The maximum atomic E-state index is 11.0. The van der Waals surface area contributed by atoms with Gasteiger partial charge in [0, 0.05) is 27.8 Å². The Morgan fingerprint density at radius 3 is 2.06 bits per heavy atom. The van der Waals surface area contributed by atoms with E-state index in [1.54, 1.807) is 0 Å². The van der Waals surface area contributed by atoms with Gasteiger partial charge >= 0.3 is 5.97 Å². The molecule has 0 amide bonds. The number of rotatable bonds is 8. The van der Waals surface area contributed by atoms with Crippen molar-refractivity contribution in [2.75, 3.05) is 35.0 Å². The van der Waals surface area contributed by atoms with Crippen molar-refractivity contribution in [1.82, 2.24) is 0 Å². The minimum absolute atomic E-state index is 0.102. The standard InChI is InChI=1S/C10H20O6/c1-13-6-9(15-3)8(14-2)5-7(11)10(12)16-4/h7-9,11H,5-6H2,1-4H3/t7-,8+,9-/m1/s1. The Bertz CT molecular complexity index is 196. The van der Waals surface area contributed by atoms with E-state index in [2.05, 4.69) is 4.74 Å². The quantitative estimate of drug-likeness (QED) is 0.577. The van der Waals surface area contributed by atoms with Crippen LogP contribution in [-0.4, -0.2) is 64.4 Å². The van der Waals surface area contributed by atoms with E-state index in [-0.39, 0.29) is 12.5 Å². The summed E-state index contributed by atoms with van der Waals surface area (Å²) in [6.45, 7) is 0.322. The van der Waals surface area contributed by atoms with Crippen LogP contribution in [0.2, 0.25) is 0 Å². The van der Waals surface area contributed by atoms with Crippen molar-refractivity contribution >= 4 is 5.97 Å². The van der Waals surface area contributed by atoms with Crippen LogP contribution in [0.1, 0.15) is 6.42 Å². The van der Waals surface area contributed by atoms with E-state index in [0.29, 0.717) is 6.61 Å². The SMILES string of the molecule is COC[C@@H](OC)[C@H](C[C@@H](O)C(=O)OC)OC. The maximum Gasteiger partial charge on any atom is 0.334 e. The molecule has 0 aromatic rings. The molecule has 0 aliphatic carbocycles. The number of aliphatic hydroxyl groups excluding tert-OH is 1. The van der Waals surface area contributed by atoms with Gasteiger partial charge in [-0.1, -0.05) is 0 Å². The van der Waals surface area contributed by atoms with Gasteiger partial charge in [-0.25, -0.2) is 4.79 Å². The zero-order valence-corrected chi connectivity index (χ0v) is 10.1. The molecule has 0 unspecified atom stereocenters. The van der Waals surface area contributed by atoms with Crippen molar-refractivity contribution in [3.63, 3.8) is 0 Å². The normalized spacial score (nSPS) is 16.6. The second-order valence-electron chi connectivity index (χ2n) is 3.28. The molecule has 1 N–H and O–H groups in total. The molecule has 0 aromatic heterocycles. The van der Waals surface area contributed by atoms with E-state index in [1.807, 2.05) is 0 Å². The Kier molecular flexibility index (Phi) is 8.10. The fourth-order valence-electron chi connectivity index (χ4n) is 1.34. The van der Waals surface area contributed by atoms with Crippen molar-refractivity contribution < 1.29 is 28.8 Å². The minimum Gasteiger partial charge on any atom is -0.467 e. The number of methoxy groups -OCH3 is 4. The molecule has 0 saturated carbocycles. The molecule has 3 atom stereocenters. The third-order valence-corrected chi connectivity index (χ3v) is 2.28. The molecule has 16 heavy (non-hydrogen) atoms.